The predicted octanol–water partition coefficient (Wildman–Crippen LogP) is 2.44. The Labute approximate surface area is 129 Å². The number of hydrogen-bond acceptors (Lipinski definition) is 3. The maximum Gasteiger partial charge on any atom is 0.260 e. The number of piperidine rings is 1. The van der Waals surface area contributed by atoms with Crippen molar-refractivity contribution in [3.63, 3.8) is 0 Å². The zero-order valence-corrected chi connectivity index (χ0v) is 12.8. The molecule has 1 aromatic rings. The number of likely N-dealkylation sites (tertiary alicyclic amines) is 1. The zero-order chi connectivity index (χ0) is 15.4. The first-order valence-electron chi connectivity index (χ1n) is 7.08. The quantitative estimate of drug-likeness (QED) is 0.928. The van der Waals surface area contributed by atoms with E-state index in [0.29, 0.717) is 24.8 Å². The van der Waals surface area contributed by atoms with Crippen LogP contribution in [0.1, 0.15) is 19.8 Å². The molecule has 0 aromatic heterocycles. The van der Waals surface area contributed by atoms with Crippen molar-refractivity contribution in [2.45, 2.75) is 25.8 Å². The molecular formula is C15H20ClFN2O2. The summed E-state index contributed by atoms with van der Waals surface area (Å²) in [6.45, 7) is 3.20. The third kappa shape index (κ3) is 4.08. The van der Waals surface area contributed by atoms with Crippen molar-refractivity contribution in [1.82, 2.24) is 4.90 Å². The molecule has 4 nitrogen and oxygen atoms in total. The normalized spacial score (nSPS) is 22.2. The van der Waals surface area contributed by atoms with Gasteiger partial charge in [0.05, 0.1) is 5.02 Å². The molecule has 6 heteroatoms. The highest BCUT2D eigenvalue weighted by atomic mass is 35.5. The van der Waals surface area contributed by atoms with E-state index in [9.17, 15) is 9.18 Å². The average Bonchev–Trinajstić information content (AvgIpc) is 2.45. The largest absolute Gasteiger partial charge is 0.482 e. The lowest BCUT2D eigenvalue weighted by Gasteiger charge is -2.37. The van der Waals surface area contributed by atoms with E-state index in [1.54, 1.807) is 4.90 Å². The van der Waals surface area contributed by atoms with E-state index in [1.165, 1.54) is 12.1 Å². The Hall–Kier alpha value is -1.33. The van der Waals surface area contributed by atoms with Crippen molar-refractivity contribution < 1.29 is 13.9 Å². The molecule has 1 fully saturated rings. The number of carbonyl (C=O) groups excluding carboxylic acids is 1. The Morgan fingerprint density at radius 1 is 1.57 bits per heavy atom. The molecule has 1 amide bonds. The molecule has 1 aliphatic rings. The van der Waals surface area contributed by atoms with Gasteiger partial charge < -0.3 is 15.4 Å². The van der Waals surface area contributed by atoms with Gasteiger partial charge >= 0.3 is 0 Å². The molecule has 116 valence electrons. The number of benzene rings is 1. The van der Waals surface area contributed by atoms with Gasteiger partial charge in [-0.05, 0) is 37.0 Å². The van der Waals surface area contributed by atoms with Crippen LogP contribution in [0, 0.1) is 11.7 Å². The first kappa shape index (κ1) is 16.0. The van der Waals surface area contributed by atoms with Crippen molar-refractivity contribution in [3.05, 3.63) is 29.0 Å². The summed E-state index contributed by atoms with van der Waals surface area (Å²) in [6, 6.07) is 3.89. The monoisotopic (exact) mass is 314 g/mol. The number of nitrogens with zero attached hydrogens (tertiary/aromatic N) is 1. The molecule has 0 spiro atoms. The fraction of sp³-hybridized carbons (Fsp3) is 0.533. The molecule has 0 saturated carbocycles. The molecule has 1 aromatic carbocycles. The Balaban J connectivity index is 1.94. The summed E-state index contributed by atoms with van der Waals surface area (Å²) in [5.74, 6) is 0.334. The van der Waals surface area contributed by atoms with Crippen LogP contribution in [-0.4, -0.2) is 36.5 Å². The van der Waals surface area contributed by atoms with E-state index in [2.05, 4.69) is 6.92 Å². The number of hydrogen-bond donors (Lipinski definition) is 1. The molecule has 2 atom stereocenters. The molecule has 0 bridgehead atoms. The fourth-order valence-corrected chi connectivity index (χ4v) is 2.84. The Morgan fingerprint density at radius 3 is 3.00 bits per heavy atom. The predicted molar refractivity (Wildman–Crippen MR) is 79.9 cm³/mol. The summed E-state index contributed by atoms with van der Waals surface area (Å²) >= 11 is 5.86. The lowest BCUT2D eigenvalue weighted by atomic mass is 9.92. The highest BCUT2D eigenvalue weighted by Gasteiger charge is 2.29. The third-order valence-corrected chi connectivity index (χ3v) is 4.11. The van der Waals surface area contributed by atoms with Crippen LogP contribution in [0.4, 0.5) is 4.39 Å². The Bertz CT molecular complexity index is 512. The van der Waals surface area contributed by atoms with Crippen LogP contribution in [0.15, 0.2) is 18.2 Å². The maximum atomic E-state index is 12.9. The van der Waals surface area contributed by atoms with E-state index < -0.39 is 5.82 Å². The summed E-state index contributed by atoms with van der Waals surface area (Å²) in [7, 11) is 0. The fourth-order valence-electron chi connectivity index (χ4n) is 2.62. The second-order valence-corrected chi connectivity index (χ2v) is 5.88. The van der Waals surface area contributed by atoms with Crippen molar-refractivity contribution in [2.24, 2.45) is 11.7 Å². The van der Waals surface area contributed by atoms with Crippen molar-refractivity contribution >= 4 is 17.5 Å². The summed E-state index contributed by atoms with van der Waals surface area (Å²) < 4.78 is 18.3. The molecule has 0 radical (unpaired) electrons. The third-order valence-electron chi connectivity index (χ3n) is 3.82. The summed E-state index contributed by atoms with van der Waals surface area (Å²) in [4.78, 5) is 14.0. The van der Waals surface area contributed by atoms with Crippen molar-refractivity contribution in [3.8, 4) is 5.75 Å². The second kappa shape index (κ2) is 7.09. The van der Waals surface area contributed by atoms with Gasteiger partial charge in [-0.3, -0.25) is 4.79 Å². The van der Waals surface area contributed by atoms with Crippen LogP contribution in [0.2, 0.25) is 5.02 Å². The molecule has 1 saturated heterocycles. The number of ether oxygens (including phenoxy) is 1. The van der Waals surface area contributed by atoms with Crippen LogP contribution < -0.4 is 10.5 Å². The maximum absolute atomic E-state index is 12.9. The van der Waals surface area contributed by atoms with Gasteiger partial charge in [0.25, 0.3) is 5.91 Å². The van der Waals surface area contributed by atoms with Gasteiger partial charge in [0.1, 0.15) is 11.6 Å². The van der Waals surface area contributed by atoms with Crippen LogP contribution in [-0.2, 0) is 4.79 Å². The second-order valence-electron chi connectivity index (χ2n) is 5.47. The molecule has 0 aliphatic carbocycles. The number of nitrogens with two attached hydrogens (primary N) is 1. The molecular weight excluding hydrogens is 295 g/mol. The summed E-state index contributed by atoms with van der Waals surface area (Å²) in [6.07, 6.45) is 1.89. The minimum absolute atomic E-state index is 0.0635. The van der Waals surface area contributed by atoms with Crippen LogP contribution in [0.25, 0.3) is 0 Å². The minimum Gasteiger partial charge on any atom is -0.482 e. The van der Waals surface area contributed by atoms with Gasteiger partial charge in [-0.1, -0.05) is 18.5 Å². The smallest absolute Gasteiger partial charge is 0.260 e. The van der Waals surface area contributed by atoms with E-state index >= 15 is 0 Å². The van der Waals surface area contributed by atoms with Gasteiger partial charge in [0.15, 0.2) is 6.61 Å². The Kier molecular flexibility index (Phi) is 5.42. The van der Waals surface area contributed by atoms with Gasteiger partial charge in [-0.2, -0.15) is 0 Å². The van der Waals surface area contributed by atoms with Gasteiger partial charge in [-0.25, -0.2) is 4.39 Å². The molecule has 2 unspecified atom stereocenters. The van der Waals surface area contributed by atoms with Crippen LogP contribution >= 0.6 is 11.6 Å². The summed E-state index contributed by atoms with van der Waals surface area (Å²) in [5.41, 5.74) is 5.74. The topological polar surface area (TPSA) is 55.6 Å². The number of amides is 1. The van der Waals surface area contributed by atoms with E-state index in [4.69, 9.17) is 22.1 Å². The SMILES string of the molecule is CC1CCN(C(=O)COc2ccc(F)cc2Cl)C(CN)C1. The van der Waals surface area contributed by atoms with E-state index in [-0.39, 0.29) is 23.6 Å². The number of halogens is 2. The molecule has 2 N–H and O–H groups in total. The molecule has 1 aliphatic heterocycles. The molecule has 21 heavy (non-hydrogen) atoms. The van der Waals surface area contributed by atoms with E-state index in [0.717, 1.165) is 18.9 Å². The van der Waals surface area contributed by atoms with Gasteiger partial charge in [0, 0.05) is 19.1 Å². The highest BCUT2D eigenvalue weighted by Crippen LogP contribution is 2.26. The van der Waals surface area contributed by atoms with E-state index in [1.807, 2.05) is 0 Å². The highest BCUT2D eigenvalue weighted by molar-refractivity contribution is 6.32. The lowest BCUT2D eigenvalue weighted by molar-refractivity contribution is -0.137. The lowest BCUT2D eigenvalue weighted by Crippen LogP contribution is -2.50. The van der Waals surface area contributed by atoms with Crippen molar-refractivity contribution in [1.29, 1.82) is 0 Å². The van der Waals surface area contributed by atoms with Crippen LogP contribution in [0.5, 0.6) is 5.75 Å². The average molecular weight is 315 g/mol. The first-order valence-corrected chi connectivity index (χ1v) is 7.46. The standard InChI is InChI=1S/C15H20ClFN2O2/c1-10-4-5-19(12(6-10)8-18)15(20)9-21-14-3-2-11(17)7-13(14)16/h2-3,7,10,12H,4-6,8-9,18H2,1H3. The molecule has 1 heterocycles. The number of rotatable bonds is 4. The Morgan fingerprint density at radius 2 is 2.33 bits per heavy atom. The van der Waals surface area contributed by atoms with Gasteiger partial charge in [0.2, 0.25) is 0 Å². The first-order chi connectivity index (χ1) is 10.0. The van der Waals surface area contributed by atoms with Gasteiger partial charge in [-0.15, -0.1) is 0 Å². The van der Waals surface area contributed by atoms with Crippen LogP contribution in [0.3, 0.4) is 0 Å². The minimum atomic E-state index is -0.438. The number of carbonyl (C=O) groups is 1. The van der Waals surface area contributed by atoms with Crippen molar-refractivity contribution in [2.75, 3.05) is 19.7 Å². The summed E-state index contributed by atoms with van der Waals surface area (Å²) in [5, 5.41) is 0.158. The zero-order valence-electron chi connectivity index (χ0n) is 12.0. The molecule has 2 rings (SSSR count).